The normalized spacial score (nSPS) is 17.9. The van der Waals surface area contributed by atoms with Gasteiger partial charge in [-0.25, -0.2) is 0 Å². The van der Waals surface area contributed by atoms with Crippen LogP contribution >= 0.6 is 0 Å². The van der Waals surface area contributed by atoms with E-state index in [1.165, 1.54) is 0 Å². The molecule has 0 spiro atoms. The van der Waals surface area contributed by atoms with Gasteiger partial charge < -0.3 is 19.6 Å². The number of amides is 1. The molecule has 1 fully saturated rings. The lowest BCUT2D eigenvalue weighted by atomic mass is 9.98. The molecule has 1 aromatic carbocycles. The van der Waals surface area contributed by atoms with E-state index in [1.807, 2.05) is 39.1 Å². The minimum absolute atomic E-state index is 0.158. The number of carbonyl (C=O) groups is 1. The molecule has 0 bridgehead atoms. The zero-order chi connectivity index (χ0) is 29.4. The zero-order valence-electron chi connectivity index (χ0n) is 25.2. The van der Waals surface area contributed by atoms with E-state index in [-0.39, 0.29) is 36.3 Å². The number of hydrogen-bond acceptors (Lipinski definition) is 5. The first-order valence-electron chi connectivity index (χ1n) is 14.5. The number of aromatic amines is 1. The van der Waals surface area contributed by atoms with Crippen LogP contribution in [-0.4, -0.2) is 50.6 Å². The average molecular weight is 556 g/mol. The third-order valence-corrected chi connectivity index (χ3v) is 7.88. The number of nitrogens with one attached hydrogen (secondary N) is 2. The average Bonchev–Trinajstić information content (AvgIpc) is 3.24. The number of hydrogen-bond donors (Lipinski definition) is 2. The van der Waals surface area contributed by atoms with Gasteiger partial charge in [0.2, 0.25) is 0 Å². The summed E-state index contributed by atoms with van der Waals surface area (Å²) in [6.45, 7) is 17.0. The molecular weight excluding hydrogens is 514 g/mol. The molecule has 216 valence electrons. The SMILES string of the molecule is Cc1cc(C)c(CNC(=O)c2cc(-c3ccc(CN4CC(C)O[C@H](C)C4)nc3)cc3c2c(C)cn3C(C)C)c(=O)[nH]1. The highest BCUT2D eigenvalue weighted by Gasteiger charge is 2.23. The fourth-order valence-electron chi connectivity index (χ4n) is 6.06. The Bertz CT molecular complexity index is 1620. The molecule has 8 heteroatoms. The van der Waals surface area contributed by atoms with Gasteiger partial charge in [0.25, 0.3) is 11.5 Å². The number of ether oxygens (including phenoxy) is 1. The van der Waals surface area contributed by atoms with Crippen molar-refractivity contribution < 1.29 is 9.53 Å². The maximum atomic E-state index is 13.7. The second-order valence-electron chi connectivity index (χ2n) is 11.8. The lowest BCUT2D eigenvalue weighted by Crippen LogP contribution is -2.44. The predicted octanol–water partition coefficient (Wildman–Crippen LogP) is 5.44. The third kappa shape index (κ3) is 6.14. The van der Waals surface area contributed by atoms with Crippen LogP contribution in [-0.2, 0) is 17.8 Å². The third-order valence-electron chi connectivity index (χ3n) is 7.88. The summed E-state index contributed by atoms with van der Waals surface area (Å²) < 4.78 is 8.08. The van der Waals surface area contributed by atoms with Crippen molar-refractivity contribution in [1.82, 2.24) is 24.8 Å². The highest BCUT2D eigenvalue weighted by molar-refractivity contribution is 6.09. The largest absolute Gasteiger partial charge is 0.373 e. The Kier molecular flexibility index (Phi) is 8.16. The Morgan fingerprint density at radius 3 is 2.44 bits per heavy atom. The number of carbonyl (C=O) groups excluding carboxylic acids is 1. The molecule has 4 aromatic rings. The van der Waals surface area contributed by atoms with Gasteiger partial charge in [-0.05, 0) is 89.4 Å². The summed E-state index contributed by atoms with van der Waals surface area (Å²) >= 11 is 0. The quantitative estimate of drug-likeness (QED) is 0.317. The molecular formula is C33H41N5O3. The van der Waals surface area contributed by atoms with Crippen molar-refractivity contribution in [2.45, 2.75) is 79.8 Å². The van der Waals surface area contributed by atoms with Crippen molar-refractivity contribution in [1.29, 1.82) is 0 Å². The first-order valence-corrected chi connectivity index (χ1v) is 14.5. The number of H-pyrrole nitrogens is 1. The maximum Gasteiger partial charge on any atom is 0.253 e. The summed E-state index contributed by atoms with van der Waals surface area (Å²) in [5, 5.41) is 3.94. The van der Waals surface area contributed by atoms with Crippen LogP contribution in [0.25, 0.3) is 22.0 Å². The van der Waals surface area contributed by atoms with Gasteiger partial charge in [0.05, 0.1) is 17.9 Å². The second kappa shape index (κ2) is 11.6. The van der Waals surface area contributed by atoms with Gasteiger partial charge in [0.1, 0.15) is 0 Å². The molecule has 1 unspecified atom stereocenters. The molecule has 0 aliphatic carbocycles. The minimum atomic E-state index is -0.207. The maximum absolute atomic E-state index is 13.7. The monoisotopic (exact) mass is 555 g/mol. The van der Waals surface area contributed by atoms with Crippen molar-refractivity contribution in [3.63, 3.8) is 0 Å². The van der Waals surface area contributed by atoms with E-state index < -0.39 is 0 Å². The van der Waals surface area contributed by atoms with Crippen LogP contribution in [0, 0.1) is 20.8 Å². The van der Waals surface area contributed by atoms with Crippen molar-refractivity contribution in [2.24, 2.45) is 0 Å². The van der Waals surface area contributed by atoms with E-state index in [4.69, 9.17) is 9.72 Å². The van der Waals surface area contributed by atoms with Gasteiger partial charge in [-0.15, -0.1) is 0 Å². The predicted molar refractivity (Wildman–Crippen MR) is 163 cm³/mol. The van der Waals surface area contributed by atoms with Gasteiger partial charge >= 0.3 is 0 Å². The molecule has 1 aliphatic heterocycles. The van der Waals surface area contributed by atoms with Crippen LogP contribution in [0.1, 0.15) is 72.2 Å². The molecule has 2 N–H and O–H groups in total. The lowest BCUT2D eigenvalue weighted by Gasteiger charge is -2.35. The van der Waals surface area contributed by atoms with Gasteiger partial charge in [0, 0.05) is 77.9 Å². The van der Waals surface area contributed by atoms with Crippen molar-refractivity contribution in [3.05, 3.63) is 86.7 Å². The van der Waals surface area contributed by atoms with Crippen LogP contribution < -0.4 is 10.9 Å². The number of nitrogens with zero attached hydrogens (tertiary/aromatic N) is 3. The molecule has 0 radical (unpaired) electrons. The highest BCUT2D eigenvalue weighted by Crippen LogP contribution is 2.33. The molecule has 0 saturated carbocycles. The molecule has 1 amide bonds. The summed E-state index contributed by atoms with van der Waals surface area (Å²) in [5.41, 5.74) is 7.59. The van der Waals surface area contributed by atoms with Crippen LogP contribution in [0.5, 0.6) is 0 Å². The minimum Gasteiger partial charge on any atom is -0.373 e. The number of aryl methyl sites for hydroxylation is 3. The summed E-state index contributed by atoms with van der Waals surface area (Å²) in [6, 6.07) is 10.4. The summed E-state index contributed by atoms with van der Waals surface area (Å²) in [6.07, 6.45) is 4.43. The van der Waals surface area contributed by atoms with Crippen LogP contribution in [0.15, 0.2) is 47.5 Å². The van der Waals surface area contributed by atoms with E-state index >= 15 is 0 Å². The summed E-state index contributed by atoms with van der Waals surface area (Å²) in [5.74, 6) is -0.207. The molecule has 5 rings (SSSR count). The van der Waals surface area contributed by atoms with Crippen molar-refractivity contribution in [3.8, 4) is 11.1 Å². The van der Waals surface area contributed by atoms with E-state index in [0.717, 1.165) is 64.2 Å². The Morgan fingerprint density at radius 1 is 1.07 bits per heavy atom. The Balaban J connectivity index is 1.47. The smallest absolute Gasteiger partial charge is 0.253 e. The Morgan fingerprint density at radius 2 is 1.80 bits per heavy atom. The number of pyridine rings is 2. The van der Waals surface area contributed by atoms with E-state index in [1.54, 1.807) is 0 Å². The van der Waals surface area contributed by atoms with Crippen LogP contribution in [0.3, 0.4) is 0 Å². The van der Waals surface area contributed by atoms with Crippen LogP contribution in [0.2, 0.25) is 0 Å². The summed E-state index contributed by atoms with van der Waals surface area (Å²) in [7, 11) is 0. The molecule has 41 heavy (non-hydrogen) atoms. The van der Waals surface area contributed by atoms with E-state index in [2.05, 4.69) is 71.9 Å². The Hall–Kier alpha value is -3.75. The molecule has 1 aliphatic rings. The molecule has 2 atom stereocenters. The fourth-order valence-corrected chi connectivity index (χ4v) is 6.06. The second-order valence-corrected chi connectivity index (χ2v) is 11.8. The van der Waals surface area contributed by atoms with Crippen molar-refractivity contribution in [2.75, 3.05) is 13.1 Å². The number of benzene rings is 1. The number of fused-ring (bicyclic) bond motifs is 1. The van der Waals surface area contributed by atoms with Gasteiger partial charge in [0.15, 0.2) is 0 Å². The Labute approximate surface area is 241 Å². The fraction of sp³-hybridized carbons (Fsp3) is 0.424. The number of aromatic nitrogens is 3. The highest BCUT2D eigenvalue weighted by atomic mass is 16.5. The first-order chi connectivity index (χ1) is 19.5. The van der Waals surface area contributed by atoms with Crippen LogP contribution in [0.4, 0.5) is 0 Å². The zero-order valence-corrected chi connectivity index (χ0v) is 25.2. The van der Waals surface area contributed by atoms with E-state index in [9.17, 15) is 9.59 Å². The first kappa shape index (κ1) is 28.8. The number of rotatable bonds is 7. The topological polar surface area (TPSA) is 92.2 Å². The molecule has 4 heterocycles. The lowest BCUT2D eigenvalue weighted by molar-refractivity contribution is -0.0707. The van der Waals surface area contributed by atoms with Crippen molar-refractivity contribution >= 4 is 16.8 Å². The molecule has 1 saturated heterocycles. The van der Waals surface area contributed by atoms with Gasteiger partial charge in [-0.1, -0.05) is 6.07 Å². The van der Waals surface area contributed by atoms with Gasteiger partial charge in [-0.2, -0.15) is 0 Å². The molecule has 8 nitrogen and oxygen atoms in total. The van der Waals surface area contributed by atoms with E-state index in [0.29, 0.717) is 11.1 Å². The van der Waals surface area contributed by atoms with Gasteiger partial charge in [-0.3, -0.25) is 19.5 Å². The molecule has 3 aromatic heterocycles. The summed E-state index contributed by atoms with van der Waals surface area (Å²) in [4.78, 5) is 36.3. The standard InChI is InChI=1S/C33H41N5O3/c1-19(2)38-15-21(4)31-28(32(39)35-14-29-20(3)10-22(5)36-33(29)40)11-26(12-30(31)38)25-8-9-27(34-13-25)18-37-16-23(6)41-24(7)17-37/h8-13,15,19,23-24H,14,16-18H2,1-7H3,(H,35,39)(H,36,40)/t23-,24?/m1/s1. The number of morpholine rings is 1.